The van der Waals surface area contributed by atoms with E-state index in [9.17, 15) is 13.2 Å². The second kappa shape index (κ2) is 8.93. The van der Waals surface area contributed by atoms with Crippen LogP contribution in [0.3, 0.4) is 0 Å². The molecule has 0 aliphatic carbocycles. The van der Waals surface area contributed by atoms with Gasteiger partial charge in [0.15, 0.2) is 0 Å². The van der Waals surface area contributed by atoms with Gasteiger partial charge >= 0.3 is 0 Å². The van der Waals surface area contributed by atoms with Crippen molar-refractivity contribution >= 4 is 33.2 Å². The molecule has 0 fully saturated rings. The van der Waals surface area contributed by atoms with Crippen LogP contribution in [-0.4, -0.2) is 48.6 Å². The maximum atomic E-state index is 12.8. The van der Waals surface area contributed by atoms with Crippen molar-refractivity contribution in [3.63, 3.8) is 0 Å². The van der Waals surface area contributed by atoms with Crippen molar-refractivity contribution in [3.05, 3.63) is 34.6 Å². The minimum Gasteiger partial charge on any atom is -0.495 e. The molecule has 1 aromatic heterocycles. The van der Waals surface area contributed by atoms with Crippen LogP contribution in [0.1, 0.15) is 25.2 Å². The van der Waals surface area contributed by atoms with Gasteiger partial charge in [-0.3, -0.25) is 9.48 Å². The maximum Gasteiger partial charge on any atom is 0.246 e. The standard InChI is InChI=1S/C18H25ClN4O4S/c1-6-22(7-2)28(25,26)14-8-9-16(27-5)15(10-14)20-17(24)11-23-13(4)18(19)12(3)21-23/h8-10H,6-7,11H2,1-5H3,(H,20,24). The van der Waals surface area contributed by atoms with E-state index in [-0.39, 0.29) is 23.0 Å². The fourth-order valence-corrected chi connectivity index (χ4v) is 4.43. The summed E-state index contributed by atoms with van der Waals surface area (Å²) in [6, 6.07) is 4.38. The van der Waals surface area contributed by atoms with Gasteiger partial charge in [0.2, 0.25) is 15.9 Å². The second-order valence-electron chi connectivity index (χ2n) is 6.14. The molecule has 0 saturated heterocycles. The van der Waals surface area contributed by atoms with Crippen LogP contribution in [0, 0.1) is 13.8 Å². The number of methoxy groups -OCH3 is 1. The molecule has 0 bridgehead atoms. The molecular formula is C18H25ClN4O4S. The Morgan fingerprint density at radius 2 is 1.93 bits per heavy atom. The van der Waals surface area contributed by atoms with Crippen molar-refractivity contribution in [2.24, 2.45) is 0 Å². The van der Waals surface area contributed by atoms with E-state index in [1.807, 2.05) is 0 Å². The number of anilines is 1. The fourth-order valence-electron chi connectivity index (χ4n) is 2.81. The number of sulfonamides is 1. The molecule has 2 aromatic rings. The average Bonchev–Trinajstić information content (AvgIpc) is 2.89. The largest absolute Gasteiger partial charge is 0.495 e. The molecule has 1 amide bonds. The summed E-state index contributed by atoms with van der Waals surface area (Å²) in [5.41, 5.74) is 1.59. The van der Waals surface area contributed by atoms with Crippen LogP contribution in [0.4, 0.5) is 5.69 Å². The van der Waals surface area contributed by atoms with Crippen molar-refractivity contribution in [1.29, 1.82) is 0 Å². The van der Waals surface area contributed by atoms with E-state index in [0.717, 1.165) is 0 Å². The number of rotatable bonds is 8. The third kappa shape index (κ3) is 4.48. The van der Waals surface area contributed by atoms with E-state index in [2.05, 4.69) is 10.4 Å². The highest BCUT2D eigenvalue weighted by Gasteiger charge is 2.23. The van der Waals surface area contributed by atoms with Crippen LogP contribution in [0.25, 0.3) is 0 Å². The Kier molecular flexibility index (Phi) is 7.08. The van der Waals surface area contributed by atoms with Gasteiger partial charge in [0, 0.05) is 13.1 Å². The Hall–Kier alpha value is -2.10. The Morgan fingerprint density at radius 1 is 1.29 bits per heavy atom. The van der Waals surface area contributed by atoms with E-state index in [0.29, 0.717) is 35.2 Å². The Morgan fingerprint density at radius 3 is 2.43 bits per heavy atom. The predicted octanol–water partition coefficient (Wildman–Crippen LogP) is 2.83. The molecule has 0 atom stereocenters. The second-order valence-corrected chi connectivity index (χ2v) is 8.46. The molecule has 154 valence electrons. The van der Waals surface area contributed by atoms with E-state index >= 15 is 0 Å². The van der Waals surface area contributed by atoms with Gasteiger partial charge in [0.25, 0.3) is 0 Å². The van der Waals surface area contributed by atoms with Crippen molar-refractivity contribution in [1.82, 2.24) is 14.1 Å². The van der Waals surface area contributed by atoms with E-state index in [1.54, 1.807) is 27.7 Å². The molecule has 0 aliphatic heterocycles. The van der Waals surface area contributed by atoms with Gasteiger partial charge in [-0.05, 0) is 32.0 Å². The fraction of sp³-hybridized carbons (Fsp3) is 0.444. The van der Waals surface area contributed by atoms with Crippen LogP contribution < -0.4 is 10.1 Å². The molecule has 1 aromatic carbocycles. The van der Waals surface area contributed by atoms with Crippen molar-refractivity contribution in [3.8, 4) is 5.75 Å². The molecule has 0 unspecified atom stereocenters. The van der Waals surface area contributed by atoms with Crippen LogP contribution in [0.5, 0.6) is 5.75 Å². The number of hydrogen-bond donors (Lipinski definition) is 1. The van der Waals surface area contributed by atoms with Crippen LogP contribution in [0.2, 0.25) is 5.02 Å². The first-order valence-corrected chi connectivity index (χ1v) is 10.6. The zero-order valence-corrected chi connectivity index (χ0v) is 18.2. The number of halogens is 1. The predicted molar refractivity (Wildman–Crippen MR) is 108 cm³/mol. The lowest BCUT2D eigenvalue weighted by Gasteiger charge is -2.19. The highest BCUT2D eigenvalue weighted by atomic mass is 35.5. The van der Waals surface area contributed by atoms with E-state index < -0.39 is 10.0 Å². The molecule has 10 heteroatoms. The zero-order valence-electron chi connectivity index (χ0n) is 16.6. The summed E-state index contributed by atoms with van der Waals surface area (Å²) in [6.07, 6.45) is 0. The SMILES string of the molecule is CCN(CC)S(=O)(=O)c1ccc(OC)c(NC(=O)Cn2nc(C)c(Cl)c2C)c1. The van der Waals surface area contributed by atoms with Crippen LogP contribution >= 0.6 is 11.6 Å². The van der Waals surface area contributed by atoms with Crippen molar-refractivity contribution in [2.45, 2.75) is 39.1 Å². The van der Waals surface area contributed by atoms with Crippen LogP contribution in [-0.2, 0) is 21.4 Å². The zero-order chi connectivity index (χ0) is 21.1. The molecule has 0 saturated carbocycles. The summed E-state index contributed by atoms with van der Waals surface area (Å²) in [7, 11) is -2.21. The van der Waals surface area contributed by atoms with Gasteiger partial charge in [-0.15, -0.1) is 0 Å². The molecule has 1 N–H and O–H groups in total. The number of amides is 1. The maximum absolute atomic E-state index is 12.8. The molecular weight excluding hydrogens is 404 g/mol. The molecule has 2 rings (SSSR count). The Labute approximate surface area is 170 Å². The monoisotopic (exact) mass is 428 g/mol. The third-order valence-electron chi connectivity index (χ3n) is 4.37. The number of benzene rings is 1. The first-order valence-electron chi connectivity index (χ1n) is 8.83. The summed E-state index contributed by atoms with van der Waals surface area (Å²) < 4.78 is 33.6. The van der Waals surface area contributed by atoms with Crippen LogP contribution in [0.15, 0.2) is 23.1 Å². The van der Waals surface area contributed by atoms with Gasteiger partial charge in [-0.25, -0.2) is 8.42 Å². The quantitative estimate of drug-likeness (QED) is 0.697. The van der Waals surface area contributed by atoms with E-state index in [1.165, 1.54) is 34.3 Å². The van der Waals surface area contributed by atoms with Gasteiger partial charge in [0.1, 0.15) is 12.3 Å². The number of hydrogen-bond acceptors (Lipinski definition) is 5. The summed E-state index contributed by atoms with van der Waals surface area (Å²) in [6.45, 7) is 7.72. The highest BCUT2D eigenvalue weighted by Crippen LogP contribution is 2.29. The lowest BCUT2D eigenvalue weighted by molar-refractivity contribution is -0.117. The van der Waals surface area contributed by atoms with Crippen molar-refractivity contribution < 1.29 is 17.9 Å². The topological polar surface area (TPSA) is 93.5 Å². The number of carbonyl (C=O) groups is 1. The highest BCUT2D eigenvalue weighted by molar-refractivity contribution is 7.89. The van der Waals surface area contributed by atoms with Gasteiger partial charge in [0.05, 0.1) is 34.1 Å². The molecule has 0 spiro atoms. The number of nitrogens with zero attached hydrogens (tertiary/aromatic N) is 3. The number of carbonyl (C=O) groups excluding carboxylic acids is 1. The van der Waals surface area contributed by atoms with Crippen molar-refractivity contribution in [2.75, 3.05) is 25.5 Å². The summed E-state index contributed by atoms with van der Waals surface area (Å²) >= 11 is 6.11. The normalized spacial score (nSPS) is 11.7. The minimum absolute atomic E-state index is 0.0600. The summed E-state index contributed by atoms with van der Waals surface area (Å²) in [5, 5.41) is 7.44. The Balaban J connectivity index is 2.31. The number of aromatic nitrogens is 2. The first kappa shape index (κ1) is 22.2. The molecule has 28 heavy (non-hydrogen) atoms. The molecule has 0 radical (unpaired) electrons. The van der Waals surface area contributed by atoms with E-state index in [4.69, 9.17) is 16.3 Å². The first-order chi connectivity index (χ1) is 13.1. The van der Waals surface area contributed by atoms with Gasteiger partial charge in [-0.2, -0.15) is 9.40 Å². The summed E-state index contributed by atoms with van der Waals surface area (Å²) in [5.74, 6) is -0.0174. The third-order valence-corrected chi connectivity index (χ3v) is 6.97. The molecule has 0 aliphatic rings. The smallest absolute Gasteiger partial charge is 0.246 e. The summed E-state index contributed by atoms with van der Waals surface area (Å²) in [4.78, 5) is 12.6. The average molecular weight is 429 g/mol. The van der Waals surface area contributed by atoms with Gasteiger partial charge < -0.3 is 10.1 Å². The lowest BCUT2D eigenvalue weighted by atomic mass is 10.3. The Bertz CT molecular complexity index is 968. The number of nitrogens with one attached hydrogen (secondary N) is 1. The molecule has 1 heterocycles. The number of ether oxygens (including phenoxy) is 1. The lowest BCUT2D eigenvalue weighted by Crippen LogP contribution is -2.30. The number of aryl methyl sites for hydroxylation is 1. The molecule has 8 nitrogen and oxygen atoms in total. The minimum atomic E-state index is -3.66. The van der Waals surface area contributed by atoms with Gasteiger partial charge in [-0.1, -0.05) is 25.4 Å².